The van der Waals surface area contributed by atoms with Gasteiger partial charge in [0.05, 0.1) is 0 Å². The number of hydrogen-bond acceptors (Lipinski definition) is 5. The molecule has 3 aromatic carbocycles. The topological polar surface area (TPSA) is 79.5 Å². The largest absolute Gasteiger partial charge is 0.337 e. The van der Waals surface area contributed by atoms with Crippen LogP contribution in [0.2, 0.25) is 5.02 Å². The predicted molar refractivity (Wildman–Crippen MR) is 122 cm³/mol. The van der Waals surface area contributed by atoms with Crippen LogP contribution in [0.4, 0.5) is 4.79 Å². The highest BCUT2D eigenvalue weighted by atomic mass is 35.5. The van der Waals surface area contributed by atoms with E-state index < -0.39 is 12.1 Å². The summed E-state index contributed by atoms with van der Waals surface area (Å²) in [5, 5.41) is 4.52. The van der Waals surface area contributed by atoms with Crippen molar-refractivity contribution in [3.8, 4) is 11.4 Å². The quantitative estimate of drug-likeness (QED) is 0.376. The Morgan fingerprint density at radius 1 is 0.879 bits per heavy atom. The van der Waals surface area contributed by atoms with E-state index in [4.69, 9.17) is 16.1 Å². The summed E-state index contributed by atoms with van der Waals surface area (Å²) in [4.78, 5) is 33.8. The Kier molecular flexibility index (Phi) is 5.62. The molecule has 164 valence electrons. The number of benzene rings is 3. The van der Waals surface area contributed by atoms with Gasteiger partial charge in [-0.3, -0.25) is 9.69 Å². The maximum absolute atomic E-state index is 13.4. The summed E-state index contributed by atoms with van der Waals surface area (Å²) < 4.78 is 5.34. The molecule has 1 unspecified atom stereocenters. The number of nitrogens with zero attached hydrogens (tertiary/aromatic N) is 4. The third kappa shape index (κ3) is 4.23. The minimum absolute atomic E-state index is 0.111. The highest BCUT2D eigenvalue weighted by molar-refractivity contribution is 6.30. The first kappa shape index (κ1) is 20.9. The van der Waals surface area contributed by atoms with Gasteiger partial charge in [0.15, 0.2) is 0 Å². The lowest BCUT2D eigenvalue weighted by molar-refractivity contribution is -0.129. The molecule has 0 radical (unpaired) electrons. The van der Waals surface area contributed by atoms with Crippen molar-refractivity contribution < 1.29 is 14.1 Å². The average Bonchev–Trinajstić information content (AvgIpc) is 3.40. The third-order valence-electron chi connectivity index (χ3n) is 5.44. The smallest absolute Gasteiger partial charge is 0.328 e. The summed E-state index contributed by atoms with van der Waals surface area (Å²) in [5.41, 5.74) is 2.37. The Labute approximate surface area is 195 Å². The van der Waals surface area contributed by atoms with Gasteiger partial charge in [-0.15, -0.1) is 0 Å². The van der Waals surface area contributed by atoms with Crippen LogP contribution < -0.4 is 0 Å². The number of urea groups is 1. The van der Waals surface area contributed by atoms with E-state index in [0.29, 0.717) is 23.0 Å². The Bertz CT molecular complexity index is 1290. The molecular weight excluding hydrogens is 440 g/mol. The number of carbonyl (C=O) groups is 2. The molecule has 1 aliphatic heterocycles. The highest BCUT2D eigenvalue weighted by Gasteiger charge is 2.46. The second-order valence-electron chi connectivity index (χ2n) is 7.66. The van der Waals surface area contributed by atoms with E-state index in [0.717, 1.165) is 16.0 Å². The normalized spacial score (nSPS) is 16.0. The minimum Gasteiger partial charge on any atom is -0.337 e. The fraction of sp³-hybridized carbons (Fsp3) is 0.120. The number of halogens is 1. The molecule has 0 spiro atoms. The number of hydrogen-bond donors (Lipinski definition) is 0. The number of amides is 3. The summed E-state index contributed by atoms with van der Waals surface area (Å²) in [6.45, 7) is 0.193. The number of aromatic nitrogens is 2. The Morgan fingerprint density at radius 3 is 2.33 bits per heavy atom. The van der Waals surface area contributed by atoms with Crippen LogP contribution in [0.15, 0.2) is 89.5 Å². The molecule has 2 heterocycles. The summed E-state index contributed by atoms with van der Waals surface area (Å²) in [6, 6.07) is 24.8. The van der Waals surface area contributed by atoms with Gasteiger partial charge in [-0.05, 0) is 23.3 Å². The first-order chi connectivity index (χ1) is 16.1. The van der Waals surface area contributed by atoms with Gasteiger partial charge in [-0.25, -0.2) is 4.79 Å². The lowest BCUT2D eigenvalue weighted by Crippen LogP contribution is -2.32. The van der Waals surface area contributed by atoms with Gasteiger partial charge in [-0.1, -0.05) is 89.6 Å². The molecule has 4 aromatic rings. The molecule has 0 N–H and O–H groups in total. The van der Waals surface area contributed by atoms with E-state index in [2.05, 4.69) is 10.1 Å². The summed E-state index contributed by atoms with van der Waals surface area (Å²) >= 11 is 6.04. The second kappa shape index (κ2) is 8.88. The molecule has 1 atom stereocenters. The van der Waals surface area contributed by atoms with Gasteiger partial charge >= 0.3 is 6.03 Å². The van der Waals surface area contributed by atoms with Crippen molar-refractivity contribution in [2.75, 3.05) is 0 Å². The molecule has 1 aromatic heterocycles. The molecule has 1 saturated heterocycles. The zero-order chi connectivity index (χ0) is 22.8. The van der Waals surface area contributed by atoms with Gasteiger partial charge in [-0.2, -0.15) is 4.98 Å². The van der Waals surface area contributed by atoms with Crippen molar-refractivity contribution in [1.82, 2.24) is 19.9 Å². The monoisotopic (exact) mass is 458 g/mol. The molecule has 3 amide bonds. The molecule has 33 heavy (non-hydrogen) atoms. The summed E-state index contributed by atoms with van der Waals surface area (Å²) in [7, 11) is 0. The van der Waals surface area contributed by atoms with E-state index in [1.165, 1.54) is 0 Å². The summed E-state index contributed by atoms with van der Waals surface area (Å²) in [5.74, 6) is 0.178. The molecule has 0 saturated carbocycles. The van der Waals surface area contributed by atoms with Crippen LogP contribution in [0.25, 0.3) is 11.4 Å². The van der Waals surface area contributed by atoms with Crippen molar-refractivity contribution in [3.63, 3.8) is 0 Å². The SMILES string of the molecule is O=C1C(c2ccccc2)N(Cc2ccccc2)C(=O)N1Cc1nc(-c2cccc(Cl)c2)no1. The van der Waals surface area contributed by atoms with Crippen LogP contribution in [0.1, 0.15) is 23.1 Å². The number of carbonyl (C=O) groups excluding carboxylic acids is 2. The maximum atomic E-state index is 13.4. The van der Waals surface area contributed by atoms with E-state index in [1.54, 1.807) is 29.2 Å². The van der Waals surface area contributed by atoms with Crippen LogP contribution in [-0.4, -0.2) is 31.9 Å². The first-order valence-electron chi connectivity index (χ1n) is 10.4. The van der Waals surface area contributed by atoms with Crippen LogP contribution in [-0.2, 0) is 17.9 Å². The van der Waals surface area contributed by atoms with Crippen molar-refractivity contribution in [3.05, 3.63) is 107 Å². The Hall–Kier alpha value is -3.97. The molecule has 1 aliphatic rings. The molecular formula is C25H19ClN4O3. The minimum atomic E-state index is -0.728. The lowest BCUT2D eigenvalue weighted by Gasteiger charge is -2.22. The van der Waals surface area contributed by atoms with Gasteiger partial charge < -0.3 is 9.42 Å². The van der Waals surface area contributed by atoms with Crippen molar-refractivity contribution in [1.29, 1.82) is 0 Å². The first-order valence-corrected chi connectivity index (χ1v) is 10.8. The van der Waals surface area contributed by atoms with E-state index >= 15 is 0 Å². The van der Waals surface area contributed by atoms with Crippen molar-refractivity contribution >= 4 is 23.5 Å². The Balaban J connectivity index is 1.43. The van der Waals surface area contributed by atoms with Gasteiger partial charge in [0.25, 0.3) is 5.91 Å². The lowest BCUT2D eigenvalue weighted by atomic mass is 10.1. The van der Waals surface area contributed by atoms with Crippen LogP contribution >= 0.6 is 11.6 Å². The molecule has 5 rings (SSSR count). The van der Waals surface area contributed by atoms with Crippen LogP contribution in [0.3, 0.4) is 0 Å². The highest BCUT2D eigenvalue weighted by Crippen LogP contribution is 2.33. The standard InChI is InChI=1S/C25H19ClN4O3/c26-20-13-7-12-19(14-20)23-27-21(33-28-23)16-30-24(31)22(18-10-5-2-6-11-18)29(25(30)32)15-17-8-3-1-4-9-17/h1-14,22H,15-16H2. The Morgan fingerprint density at radius 2 is 1.61 bits per heavy atom. The van der Waals surface area contributed by atoms with Gasteiger partial charge in [0.1, 0.15) is 12.6 Å². The number of rotatable bonds is 6. The summed E-state index contributed by atoms with van der Waals surface area (Å²) in [6.07, 6.45) is 0. The van der Waals surface area contributed by atoms with E-state index in [-0.39, 0.29) is 18.3 Å². The van der Waals surface area contributed by atoms with Crippen molar-refractivity contribution in [2.45, 2.75) is 19.1 Å². The van der Waals surface area contributed by atoms with Gasteiger partial charge in [0.2, 0.25) is 11.7 Å². The van der Waals surface area contributed by atoms with Crippen LogP contribution in [0.5, 0.6) is 0 Å². The molecule has 0 bridgehead atoms. The third-order valence-corrected chi connectivity index (χ3v) is 5.68. The van der Waals surface area contributed by atoms with Crippen molar-refractivity contribution in [2.24, 2.45) is 0 Å². The molecule has 0 aliphatic carbocycles. The zero-order valence-electron chi connectivity index (χ0n) is 17.5. The number of imide groups is 1. The van der Waals surface area contributed by atoms with E-state index in [9.17, 15) is 9.59 Å². The predicted octanol–water partition coefficient (Wildman–Crippen LogP) is 5.10. The average molecular weight is 459 g/mol. The van der Waals surface area contributed by atoms with Gasteiger partial charge in [0, 0.05) is 17.1 Å². The zero-order valence-corrected chi connectivity index (χ0v) is 18.2. The maximum Gasteiger partial charge on any atom is 0.328 e. The molecule has 7 nitrogen and oxygen atoms in total. The van der Waals surface area contributed by atoms with E-state index in [1.807, 2.05) is 60.7 Å². The van der Waals surface area contributed by atoms with Crippen LogP contribution in [0, 0.1) is 0 Å². The molecule has 1 fully saturated rings. The molecule has 8 heteroatoms. The fourth-order valence-electron chi connectivity index (χ4n) is 3.88. The fourth-order valence-corrected chi connectivity index (χ4v) is 4.07. The second-order valence-corrected chi connectivity index (χ2v) is 8.09.